The van der Waals surface area contributed by atoms with Gasteiger partial charge in [0.2, 0.25) is 5.91 Å². The number of carbonyl (C=O) groups excluding carboxylic acids is 4. The molecule has 1 fully saturated rings. The number of esters is 1. The molecule has 1 aliphatic rings. The van der Waals surface area contributed by atoms with Crippen LogP contribution in [0, 0.1) is 0 Å². The number of benzene rings is 1. The molecule has 0 aliphatic carbocycles. The lowest BCUT2D eigenvalue weighted by molar-refractivity contribution is -0.157. The van der Waals surface area contributed by atoms with Gasteiger partial charge in [-0.25, -0.2) is 0 Å². The molecule has 1 saturated heterocycles. The fraction of sp³-hybridized carbons (Fsp3) is 0.333. The number of carbonyl (C=O) groups is 4. The summed E-state index contributed by atoms with van der Waals surface area (Å²) in [4.78, 5) is 47.2. The number of hydrogen-bond acceptors (Lipinski definition) is 5. The molecule has 21 heavy (non-hydrogen) atoms. The first-order valence-corrected chi connectivity index (χ1v) is 6.54. The zero-order valence-corrected chi connectivity index (χ0v) is 11.6. The molecule has 0 N–H and O–H groups in total. The number of rotatable bonds is 5. The minimum Gasteiger partial charge on any atom is -0.451 e. The van der Waals surface area contributed by atoms with Crippen LogP contribution in [0.5, 0.6) is 0 Å². The Balaban J connectivity index is 2.00. The van der Waals surface area contributed by atoms with Gasteiger partial charge in [-0.2, -0.15) is 0 Å². The molecule has 6 nitrogen and oxygen atoms in total. The van der Waals surface area contributed by atoms with Gasteiger partial charge in [-0.3, -0.25) is 24.1 Å². The van der Waals surface area contributed by atoms with Crippen molar-refractivity contribution in [3.63, 3.8) is 0 Å². The van der Waals surface area contributed by atoms with Crippen molar-refractivity contribution >= 4 is 23.6 Å². The van der Waals surface area contributed by atoms with Crippen molar-refractivity contribution < 1.29 is 23.9 Å². The van der Waals surface area contributed by atoms with Crippen LogP contribution in [-0.4, -0.2) is 34.6 Å². The maximum atomic E-state index is 12.1. The predicted molar refractivity (Wildman–Crippen MR) is 71.8 cm³/mol. The number of Topliss-reactive ketones (excluding diaryl/α,β-unsaturated/α-hetero) is 1. The zero-order chi connectivity index (χ0) is 15.4. The lowest BCUT2D eigenvalue weighted by Gasteiger charge is -2.15. The third-order valence-electron chi connectivity index (χ3n) is 3.05. The molecule has 0 bridgehead atoms. The minimum atomic E-state index is -1.12. The number of ether oxygens (including phenoxy) is 1. The zero-order valence-electron chi connectivity index (χ0n) is 11.6. The smallest absolute Gasteiger partial charge is 0.314 e. The summed E-state index contributed by atoms with van der Waals surface area (Å²) in [5.74, 6) is -2.06. The molecule has 0 saturated carbocycles. The summed E-state index contributed by atoms with van der Waals surface area (Å²) in [6, 6.07) is 9.06. The Kier molecular flexibility index (Phi) is 4.47. The van der Waals surface area contributed by atoms with Crippen LogP contribution < -0.4 is 0 Å². The maximum Gasteiger partial charge on any atom is 0.314 e. The minimum absolute atomic E-state index is 0.152. The third-order valence-corrected chi connectivity index (χ3v) is 3.05. The van der Waals surface area contributed by atoms with Gasteiger partial charge in [0.05, 0.1) is 13.0 Å². The van der Waals surface area contributed by atoms with E-state index in [9.17, 15) is 19.2 Å². The molecule has 0 radical (unpaired) electrons. The van der Waals surface area contributed by atoms with Crippen LogP contribution in [0.3, 0.4) is 0 Å². The lowest BCUT2D eigenvalue weighted by atomic mass is 10.2. The molecule has 2 amide bonds. The Morgan fingerprint density at radius 2 is 1.90 bits per heavy atom. The van der Waals surface area contributed by atoms with E-state index in [0.717, 1.165) is 10.5 Å². The molecule has 1 unspecified atom stereocenters. The average Bonchev–Trinajstić information content (AvgIpc) is 2.67. The Labute approximate surface area is 121 Å². The van der Waals surface area contributed by atoms with Crippen molar-refractivity contribution in [1.82, 2.24) is 4.90 Å². The number of nitrogens with zero attached hydrogens (tertiary/aromatic N) is 1. The van der Waals surface area contributed by atoms with Crippen LogP contribution in [0.4, 0.5) is 0 Å². The SMILES string of the molecule is CC(=O)CC(=O)OC1CC(=O)N(Cc2ccccc2)C1=O. The highest BCUT2D eigenvalue weighted by Crippen LogP contribution is 2.19. The van der Waals surface area contributed by atoms with E-state index < -0.39 is 24.4 Å². The van der Waals surface area contributed by atoms with Gasteiger partial charge >= 0.3 is 5.97 Å². The first-order valence-electron chi connectivity index (χ1n) is 6.54. The summed E-state index contributed by atoms with van der Waals surface area (Å²) in [7, 11) is 0. The summed E-state index contributed by atoms with van der Waals surface area (Å²) < 4.78 is 4.90. The van der Waals surface area contributed by atoms with Crippen LogP contribution in [-0.2, 0) is 30.5 Å². The highest BCUT2D eigenvalue weighted by molar-refractivity contribution is 6.06. The molecule has 0 spiro atoms. The van der Waals surface area contributed by atoms with Gasteiger partial charge in [0.1, 0.15) is 12.2 Å². The normalized spacial score (nSPS) is 18.0. The van der Waals surface area contributed by atoms with Gasteiger partial charge in [-0.1, -0.05) is 30.3 Å². The van der Waals surface area contributed by atoms with Gasteiger partial charge in [0, 0.05) is 0 Å². The van der Waals surface area contributed by atoms with Crippen molar-refractivity contribution in [3.05, 3.63) is 35.9 Å². The van der Waals surface area contributed by atoms with Crippen LogP contribution in [0.25, 0.3) is 0 Å². The summed E-state index contributed by atoms with van der Waals surface area (Å²) in [5, 5.41) is 0. The highest BCUT2D eigenvalue weighted by atomic mass is 16.5. The van der Waals surface area contributed by atoms with E-state index in [1.54, 1.807) is 12.1 Å². The number of likely N-dealkylation sites (tertiary alicyclic amines) is 1. The van der Waals surface area contributed by atoms with E-state index in [-0.39, 0.29) is 24.7 Å². The van der Waals surface area contributed by atoms with Gasteiger partial charge in [-0.15, -0.1) is 0 Å². The van der Waals surface area contributed by atoms with E-state index >= 15 is 0 Å². The van der Waals surface area contributed by atoms with E-state index in [1.165, 1.54) is 6.92 Å². The fourth-order valence-electron chi connectivity index (χ4n) is 2.08. The topological polar surface area (TPSA) is 80.8 Å². The van der Waals surface area contributed by atoms with Crippen LogP contribution in [0.15, 0.2) is 30.3 Å². The summed E-state index contributed by atoms with van der Waals surface area (Å²) in [6.07, 6.45) is -1.68. The first-order chi connectivity index (χ1) is 9.97. The molecular formula is C15H15NO5. The van der Waals surface area contributed by atoms with Crippen molar-refractivity contribution in [2.24, 2.45) is 0 Å². The molecule has 110 valence electrons. The van der Waals surface area contributed by atoms with Gasteiger partial charge in [0.25, 0.3) is 5.91 Å². The van der Waals surface area contributed by atoms with Crippen LogP contribution in [0.1, 0.15) is 25.3 Å². The third kappa shape index (κ3) is 3.75. The van der Waals surface area contributed by atoms with Crippen LogP contribution >= 0.6 is 0 Å². The molecule has 1 atom stereocenters. The number of hydrogen-bond donors (Lipinski definition) is 0. The van der Waals surface area contributed by atoms with E-state index in [4.69, 9.17) is 4.74 Å². The van der Waals surface area contributed by atoms with Crippen LogP contribution in [0.2, 0.25) is 0 Å². The molecule has 1 aliphatic heterocycles. The molecular weight excluding hydrogens is 274 g/mol. The Morgan fingerprint density at radius 1 is 1.24 bits per heavy atom. The molecule has 1 aromatic carbocycles. The second kappa shape index (κ2) is 6.30. The Hall–Kier alpha value is -2.50. The molecule has 2 rings (SSSR count). The number of ketones is 1. The lowest BCUT2D eigenvalue weighted by Crippen LogP contribution is -2.33. The highest BCUT2D eigenvalue weighted by Gasteiger charge is 2.41. The van der Waals surface area contributed by atoms with Crippen molar-refractivity contribution in [2.45, 2.75) is 32.4 Å². The predicted octanol–water partition coefficient (Wildman–Crippen LogP) is 0.836. The molecule has 0 aromatic heterocycles. The summed E-state index contributed by atoms with van der Waals surface area (Å²) in [5.41, 5.74) is 0.815. The first kappa shape index (κ1) is 14.9. The van der Waals surface area contributed by atoms with Crippen molar-refractivity contribution in [3.8, 4) is 0 Å². The maximum absolute atomic E-state index is 12.1. The van der Waals surface area contributed by atoms with Crippen molar-refractivity contribution in [2.75, 3.05) is 0 Å². The Morgan fingerprint density at radius 3 is 2.52 bits per heavy atom. The largest absolute Gasteiger partial charge is 0.451 e. The van der Waals surface area contributed by atoms with Crippen molar-refractivity contribution in [1.29, 1.82) is 0 Å². The number of amides is 2. The molecule has 1 heterocycles. The average molecular weight is 289 g/mol. The summed E-state index contributed by atoms with van der Waals surface area (Å²) >= 11 is 0. The molecule has 1 aromatic rings. The number of imide groups is 1. The van der Waals surface area contributed by atoms with Gasteiger partial charge in [0.15, 0.2) is 6.10 Å². The summed E-state index contributed by atoms with van der Waals surface area (Å²) in [6.45, 7) is 1.41. The standard InChI is InChI=1S/C15H15NO5/c1-10(17)7-14(19)21-12-8-13(18)16(15(12)20)9-11-5-3-2-4-6-11/h2-6,12H,7-9H2,1H3. The Bertz CT molecular complexity index is 581. The van der Waals surface area contributed by atoms with E-state index in [0.29, 0.717) is 0 Å². The quantitative estimate of drug-likeness (QED) is 0.456. The second-order valence-electron chi connectivity index (χ2n) is 4.87. The van der Waals surface area contributed by atoms with E-state index in [1.807, 2.05) is 18.2 Å². The van der Waals surface area contributed by atoms with Gasteiger partial charge < -0.3 is 4.74 Å². The fourth-order valence-corrected chi connectivity index (χ4v) is 2.08. The molecule has 6 heteroatoms. The van der Waals surface area contributed by atoms with E-state index in [2.05, 4.69) is 0 Å². The van der Waals surface area contributed by atoms with Gasteiger partial charge in [-0.05, 0) is 12.5 Å². The monoisotopic (exact) mass is 289 g/mol. The second-order valence-corrected chi connectivity index (χ2v) is 4.87.